The number of carbonyl (C=O) groups excluding carboxylic acids is 1. The van der Waals surface area contributed by atoms with Gasteiger partial charge in [-0.25, -0.2) is 4.98 Å². The summed E-state index contributed by atoms with van der Waals surface area (Å²) in [5.74, 6) is -0.836. The highest BCUT2D eigenvalue weighted by molar-refractivity contribution is 5.94. The molecule has 1 aromatic heterocycles. The Bertz CT molecular complexity index is 387. The quantitative estimate of drug-likeness (QED) is 0.750. The largest absolute Gasteiger partial charge is 0.319 e. The van der Waals surface area contributed by atoms with Crippen molar-refractivity contribution in [2.45, 2.75) is 26.8 Å². The van der Waals surface area contributed by atoms with Crippen molar-refractivity contribution in [2.75, 3.05) is 5.32 Å². The van der Waals surface area contributed by atoms with E-state index in [0.717, 1.165) is 0 Å². The maximum Gasteiger partial charge on any atom is 0.242 e. The van der Waals surface area contributed by atoms with E-state index in [9.17, 15) is 9.18 Å². The van der Waals surface area contributed by atoms with Crippen LogP contribution in [-0.4, -0.2) is 16.9 Å². The first-order chi connectivity index (χ1) is 7.30. The van der Waals surface area contributed by atoms with Crippen molar-refractivity contribution in [2.24, 2.45) is 11.1 Å². The Kier molecular flexibility index (Phi) is 3.59. The van der Waals surface area contributed by atoms with Crippen LogP contribution in [0.25, 0.3) is 0 Å². The number of nitrogens with zero attached hydrogens (tertiary/aromatic N) is 1. The molecule has 0 bridgehead atoms. The lowest BCUT2D eigenvalue weighted by molar-refractivity contribution is -0.119. The molecule has 0 radical (unpaired) electrons. The zero-order chi connectivity index (χ0) is 12.3. The van der Waals surface area contributed by atoms with Crippen molar-refractivity contribution in [3.63, 3.8) is 0 Å². The highest BCUT2D eigenvalue weighted by Gasteiger charge is 2.27. The molecule has 0 aliphatic carbocycles. The van der Waals surface area contributed by atoms with Crippen LogP contribution >= 0.6 is 0 Å². The van der Waals surface area contributed by atoms with Crippen molar-refractivity contribution >= 4 is 11.7 Å². The molecule has 0 fully saturated rings. The van der Waals surface area contributed by atoms with Gasteiger partial charge in [-0.05, 0) is 17.5 Å². The van der Waals surface area contributed by atoms with Crippen LogP contribution in [0, 0.1) is 11.4 Å². The van der Waals surface area contributed by atoms with Crippen LogP contribution in [0.15, 0.2) is 18.2 Å². The molecule has 0 aromatic carbocycles. The molecule has 0 saturated carbocycles. The van der Waals surface area contributed by atoms with Crippen molar-refractivity contribution in [3.8, 4) is 0 Å². The minimum absolute atomic E-state index is 0.171. The van der Waals surface area contributed by atoms with Gasteiger partial charge >= 0.3 is 0 Å². The molecule has 3 N–H and O–H groups in total. The molecule has 0 aliphatic rings. The average molecular weight is 225 g/mol. The Balaban J connectivity index is 2.72. The summed E-state index contributed by atoms with van der Waals surface area (Å²) in [5.41, 5.74) is 5.40. The van der Waals surface area contributed by atoms with Crippen molar-refractivity contribution < 1.29 is 9.18 Å². The third-order valence-corrected chi connectivity index (χ3v) is 2.18. The normalized spacial score (nSPS) is 13.3. The number of nitrogens with one attached hydrogen (secondary N) is 1. The molecule has 88 valence electrons. The van der Waals surface area contributed by atoms with Gasteiger partial charge in [-0.15, -0.1) is 0 Å². The lowest BCUT2D eigenvalue weighted by Gasteiger charge is -2.25. The summed E-state index contributed by atoms with van der Waals surface area (Å²) in [4.78, 5) is 15.2. The van der Waals surface area contributed by atoms with Gasteiger partial charge in [0.25, 0.3) is 0 Å². The topological polar surface area (TPSA) is 68.0 Å². The van der Waals surface area contributed by atoms with E-state index in [2.05, 4.69) is 10.3 Å². The lowest BCUT2D eigenvalue weighted by Crippen LogP contribution is -2.45. The van der Waals surface area contributed by atoms with Crippen molar-refractivity contribution in [3.05, 3.63) is 24.1 Å². The van der Waals surface area contributed by atoms with E-state index in [0.29, 0.717) is 0 Å². The second kappa shape index (κ2) is 4.57. The van der Waals surface area contributed by atoms with Gasteiger partial charge in [-0.3, -0.25) is 4.79 Å². The lowest BCUT2D eigenvalue weighted by atomic mass is 9.87. The van der Waals surface area contributed by atoms with Gasteiger partial charge in [-0.2, -0.15) is 4.39 Å². The number of hydrogen-bond acceptors (Lipinski definition) is 3. The van der Waals surface area contributed by atoms with E-state index in [1.165, 1.54) is 18.2 Å². The Morgan fingerprint density at radius 1 is 1.50 bits per heavy atom. The fourth-order valence-electron chi connectivity index (χ4n) is 1.08. The van der Waals surface area contributed by atoms with Gasteiger partial charge in [0.15, 0.2) is 0 Å². The molecule has 0 spiro atoms. The van der Waals surface area contributed by atoms with Crippen molar-refractivity contribution in [1.82, 2.24) is 4.98 Å². The van der Waals surface area contributed by atoms with Gasteiger partial charge in [0.2, 0.25) is 11.9 Å². The molecule has 1 rings (SSSR count). The molecule has 1 atom stereocenters. The number of carbonyl (C=O) groups is 1. The number of aromatic nitrogens is 1. The Morgan fingerprint density at radius 3 is 2.62 bits per heavy atom. The Morgan fingerprint density at radius 2 is 2.12 bits per heavy atom. The molecule has 5 heteroatoms. The predicted octanol–water partition coefficient (Wildman–Crippen LogP) is 1.53. The van der Waals surface area contributed by atoms with Crippen LogP contribution in [-0.2, 0) is 4.79 Å². The van der Waals surface area contributed by atoms with Crippen LogP contribution in [0.1, 0.15) is 20.8 Å². The van der Waals surface area contributed by atoms with Gasteiger partial charge < -0.3 is 11.1 Å². The number of halogens is 1. The average Bonchev–Trinajstić information content (AvgIpc) is 2.15. The number of amides is 1. The molecule has 1 amide bonds. The van der Waals surface area contributed by atoms with Gasteiger partial charge in [-0.1, -0.05) is 26.8 Å². The highest BCUT2D eigenvalue weighted by atomic mass is 19.1. The molecule has 0 saturated heterocycles. The zero-order valence-corrected chi connectivity index (χ0v) is 9.62. The second-order valence-electron chi connectivity index (χ2n) is 4.68. The van der Waals surface area contributed by atoms with Gasteiger partial charge in [0, 0.05) is 0 Å². The Hall–Kier alpha value is -1.49. The van der Waals surface area contributed by atoms with Crippen LogP contribution in [0.5, 0.6) is 0 Å². The predicted molar refractivity (Wildman–Crippen MR) is 60.3 cm³/mol. The second-order valence-corrected chi connectivity index (χ2v) is 4.68. The first kappa shape index (κ1) is 12.6. The maximum atomic E-state index is 12.8. The summed E-state index contributed by atoms with van der Waals surface area (Å²) in [6, 6.07) is 3.52. The molecule has 1 aromatic rings. The summed E-state index contributed by atoms with van der Waals surface area (Å²) in [7, 11) is 0. The van der Waals surface area contributed by atoms with E-state index in [-0.39, 0.29) is 17.1 Å². The smallest absolute Gasteiger partial charge is 0.242 e. The first-order valence-electron chi connectivity index (χ1n) is 5.00. The van der Waals surface area contributed by atoms with E-state index in [1.807, 2.05) is 20.8 Å². The Labute approximate surface area is 94.1 Å². The van der Waals surface area contributed by atoms with Crippen molar-refractivity contribution in [1.29, 1.82) is 0 Å². The van der Waals surface area contributed by atoms with Crippen LogP contribution in [0.2, 0.25) is 0 Å². The third-order valence-electron chi connectivity index (χ3n) is 2.18. The first-order valence-corrected chi connectivity index (χ1v) is 5.00. The molecular formula is C11H16FN3O. The molecule has 1 unspecified atom stereocenters. The minimum Gasteiger partial charge on any atom is -0.319 e. The summed E-state index contributed by atoms with van der Waals surface area (Å²) in [6.45, 7) is 5.57. The summed E-state index contributed by atoms with van der Waals surface area (Å²) < 4.78 is 12.8. The van der Waals surface area contributed by atoms with Gasteiger partial charge in [0.1, 0.15) is 5.82 Å². The number of anilines is 1. The van der Waals surface area contributed by atoms with E-state index in [1.54, 1.807) is 0 Å². The molecular weight excluding hydrogens is 209 g/mol. The summed E-state index contributed by atoms with van der Waals surface area (Å²) >= 11 is 0. The number of pyridine rings is 1. The number of hydrogen-bond donors (Lipinski definition) is 2. The third kappa shape index (κ3) is 3.27. The number of nitrogens with two attached hydrogens (primary N) is 1. The molecule has 0 aliphatic heterocycles. The number of rotatable bonds is 2. The SMILES string of the molecule is CC(C)(C)C(N)C(=O)Nc1cccc(F)n1. The van der Waals surface area contributed by atoms with E-state index < -0.39 is 12.0 Å². The highest BCUT2D eigenvalue weighted by Crippen LogP contribution is 2.18. The van der Waals surface area contributed by atoms with Crippen LogP contribution in [0.3, 0.4) is 0 Å². The molecule has 1 heterocycles. The van der Waals surface area contributed by atoms with Gasteiger partial charge in [0.05, 0.1) is 6.04 Å². The maximum absolute atomic E-state index is 12.8. The fourth-order valence-corrected chi connectivity index (χ4v) is 1.08. The van der Waals surface area contributed by atoms with Crippen LogP contribution < -0.4 is 11.1 Å². The fraction of sp³-hybridized carbons (Fsp3) is 0.455. The molecule has 4 nitrogen and oxygen atoms in total. The minimum atomic E-state index is -0.669. The standard InChI is InChI=1S/C11H16FN3O/c1-11(2,3)9(13)10(16)15-8-6-4-5-7(12)14-8/h4-6,9H,13H2,1-3H3,(H,14,15,16). The monoisotopic (exact) mass is 225 g/mol. The summed E-state index contributed by atoms with van der Waals surface area (Å²) in [6.07, 6.45) is 0. The summed E-state index contributed by atoms with van der Waals surface area (Å²) in [5, 5.41) is 2.47. The van der Waals surface area contributed by atoms with E-state index in [4.69, 9.17) is 5.73 Å². The van der Waals surface area contributed by atoms with E-state index >= 15 is 0 Å². The van der Waals surface area contributed by atoms with Crippen LogP contribution in [0.4, 0.5) is 10.2 Å². The zero-order valence-electron chi connectivity index (χ0n) is 9.62. The molecule has 16 heavy (non-hydrogen) atoms.